The molecule has 9 heteroatoms. The Bertz CT molecular complexity index is 996. The summed E-state index contributed by atoms with van der Waals surface area (Å²) in [6.07, 6.45) is 0.639. The Morgan fingerprint density at radius 2 is 2.04 bits per heavy atom. The van der Waals surface area contributed by atoms with Crippen LogP contribution in [-0.4, -0.2) is 38.5 Å². The molecule has 2 aromatic rings. The van der Waals surface area contributed by atoms with Gasteiger partial charge in [-0.05, 0) is 36.2 Å². The molecule has 0 spiro atoms. The molecule has 0 saturated heterocycles. The van der Waals surface area contributed by atoms with Crippen molar-refractivity contribution in [2.24, 2.45) is 0 Å². The van der Waals surface area contributed by atoms with Crippen LogP contribution in [-0.2, 0) is 10.0 Å². The number of nitrogens with zero attached hydrogens (tertiary/aromatic N) is 1. The molecule has 0 aromatic heterocycles. The molecule has 27 heavy (non-hydrogen) atoms. The lowest BCUT2D eigenvalue weighted by atomic mass is 10.0. The number of fused-ring (bicyclic) bond motifs is 1. The molecule has 0 saturated carbocycles. The molecule has 1 unspecified atom stereocenters. The summed E-state index contributed by atoms with van der Waals surface area (Å²) in [5.41, 5.74) is 0.781. The minimum absolute atomic E-state index is 0.0207. The molecule has 0 aliphatic carbocycles. The molecule has 1 aliphatic heterocycles. The molecule has 1 N–H and O–H groups in total. The number of sulfonamides is 1. The van der Waals surface area contributed by atoms with Crippen molar-refractivity contribution in [1.82, 2.24) is 9.62 Å². The van der Waals surface area contributed by atoms with Crippen LogP contribution in [0.25, 0.3) is 0 Å². The van der Waals surface area contributed by atoms with Crippen molar-refractivity contribution in [2.45, 2.75) is 22.3 Å². The second kappa shape index (κ2) is 7.79. The smallest absolute Gasteiger partial charge is 0.253 e. The third-order valence-corrected chi connectivity index (χ3v) is 7.59. The second-order valence-corrected chi connectivity index (χ2v) is 9.91. The van der Waals surface area contributed by atoms with Gasteiger partial charge >= 0.3 is 0 Å². The molecule has 1 atom stereocenters. The molecule has 0 bridgehead atoms. The van der Waals surface area contributed by atoms with Crippen LogP contribution in [0.4, 0.5) is 4.39 Å². The van der Waals surface area contributed by atoms with E-state index in [9.17, 15) is 17.6 Å². The van der Waals surface area contributed by atoms with Crippen LogP contribution in [0.15, 0.2) is 46.2 Å². The number of thioether (sulfide) groups is 1. The predicted octanol–water partition coefficient (Wildman–Crippen LogP) is 3.70. The topological polar surface area (TPSA) is 66.5 Å². The van der Waals surface area contributed by atoms with Gasteiger partial charge in [0.25, 0.3) is 5.91 Å². The van der Waals surface area contributed by atoms with E-state index in [1.54, 1.807) is 12.1 Å². The number of amides is 1. The fourth-order valence-corrected chi connectivity index (χ4v) is 5.09. The number of hydrogen-bond donors (Lipinski definition) is 1. The largest absolute Gasteiger partial charge is 0.345 e. The molecule has 0 radical (unpaired) electrons. The highest BCUT2D eigenvalue weighted by molar-refractivity contribution is 7.99. The molecular weight excluding hydrogens is 411 g/mol. The van der Waals surface area contributed by atoms with Crippen molar-refractivity contribution in [3.63, 3.8) is 0 Å². The number of carbonyl (C=O) groups is 1. The highest BCUT2D eigenvalue weighted by Gasteiger charge is 2.26. The standard InChI is InChI=1S/C18H18ClFN2O3S2/c1-22(2)27(24,25)11-6-7-14(19)13(10-11)18(23)21-16-8-9-26-17-12(16)4-3-5-15(17)20/h3-7,10,16H,8-9H2,1-2H3,(H,21,23). The molecule has 144 valence electrons. The summed E-state index contributed by atoms with van der Waals surface area (Å²) in [6, 6.07) is 8.42. The Morgan fingerprint density at radius 3 is 2.74 bits per heavy atom. The van der Waals surface area contributed by atoms with Gasteiger partial charge in [0.15, 0.2) is 0 Å². The van der Waals surface area contributed by atoms with Gasteiger partial charge in [0.2, 0.25) is 10.0 Å². The number of rotatable bonds is 4. The fourth-order valence-electron chi connectivity index (χ4n) is 2.82. The van der Waals surface area contributed by atoms with E-state index in [2.05, 4.69) is 5.32 Å². The normalized spacial score (nSPS) is 16.9. The van der Waals surface area contributed by atoms with Crippen LogP contribution in [0.3, 0.4) is 0 Å². The van der Waals surface area contributed by atoms with Gasteiger partial charge < -0.3 is 5.32 Å². The average molecular weight is 429 g/mol. The summed E-state index contributed by atoms with van der Waals surface area (Å²) in [7, 11) is -0.872. The van der Waals surface area contributed by atoms with Crippen LogP contribution in [0.2, 0.25) is 5.02 Å². The van der Waals surface area contributed by atoms with Crippen molar-refractivity contribution in [1.29, 1.82) is 0 Å². The van der Waals surface area contributed by atoms with Crippen LogP contribution >= 0.6 is 23.4 Å². The van der Waals surface area contributed by atoms with Crippen LogP contribution in [0.5, 0.6) is 0 Å². The number of carbonyl (C=O) groups excluding carboxylic acids is 1. The minimum Gasteiger partial charge on any atom is -0.345 e. The molecule has 1 aliphatic rings. The Balaban J connectivity index is 1.91. The van der Waals surface area contributed by atoms with Gasteiger partial charge in [-0.1, -0.05) is 23.7 Å². The Hall–Kier alpha value is -1.61. The van der Waals surface area contributed by atoms with E-state index in [1.165, 1.54) is 50.1 Å². The lowest BCUT2D eigenvalue weighted by Gasteiger charge is -2.26. The molecule has 1 heterocycles. The van der Waals surface area contributed by atoms with E-state index in [0.717, 1.165) is 4.31 Å². The van der Waals surface area contributed by atoms with Crippen molar-refractivity contribution in [3.05, 3.63) is 58.4 Å². The summed E-state index contributed by atoms with van der Waals surface area (Å²) in [5.74, 6) is -0.141. The average Bonchev–Trinajstić information content (AvgIpc) is 2.62. The van der Waals surface area contributed by atoms with Crippen molar-refractivity contribution in [3.8, 4) is 0 Å². The third-order valence-electron chi connectivity index (χ3n) is 4.29. The first-order valence-corrected chi connectivity index (χ1v) is 11.0. The number of benzene rings is 2. The van der Waals surface area contributed by atoms with E-state index in [0.29, 0.717) is 22.6 Å². The Kier molecular flexibility index (Phi) is 5.81. The van der Waals surface area contributed by atoms with Crippen LogP contribution in [0, 0.1) is 5.82 Å². The fraction of sp³-hybridized carbons (Fsp3) is 0.278. The maximum absolute atomic E-state index is 14.0. The van der Waals surface area contributed by atoms with Crippen molar-refractivity contribution >= 4 is 39.3 Å². The van der Waals surface area contributed by atoms with E-state index in [-0.39, 0.29) is 27.3 Å². The van der Waals surface area contributed by atoms with Gasteiger partial charge in [-0.2, -0.15) is 0 Å². The zero-order valence-corrected chi connectivity index (χ0v) is 17.1. The molecular formula is C18H18ClFN2O3S2. The maximum Gasteiger partial charge on any atom is 0.253 e. The maximum atomic E-state index is 14.0. The first kappa shape index (κ1) is 20.1. The lowest BCUT2D eigenvalue weighted by Crippen LogP contribution is -2.31. The van der Waals surface area contributed by atoms with E-state index >= 15 is 0 Å². The van der Waals surface area contributed by atoms with Crippen molar-refractivity contribution in [2.75, 3.05) is 19.8 Å². The summed E-state index contributed by atoms with van der Waals surface area (Å²) in [5, 5.41) is 3.00. The number of halogens is 2. The molecule has 0 fully saturated rings. The van der Waals surface area contributed by atoms with Gasteiger partial charge in [0.05, 0.1) is 21.5 Å². The zero-order valence-electron chi connectivity index (χ0n) is 14.7. The quantitative estimate of drug-likeness (QED) is 0.806. The molecule has 2 aromatic carbocycles. The molecule has 1 amide bonds. The van der Waals surface area contributed by atoms with E-state index in [1.807, 2.05) is 0 Å². The van der Waals surface area contributed by atoms with E-state index in [4.69, 9.17) is 11.6 Å². The summed E-state index contributed by atoms with van der Waals surface area (Å²) in [4.78, 5) is 13.3. The first-order valence-electron chi connectivity index (χ1n) is 8.16. The number of hydrogen-bond acceptors (Lipinski definition) is 4. The molecule has 5 nitrogen and oxygen atoms in total. The third kappa shape index (κ3) is 3.99. The summed E-state index contributed by atoms with van der Waals surface area (Å²) >= 11 is 7.55. The van der Waals surface area contributed by atoms with Crippen LogP contribution < -0.4 is 5.32 Å². The van der Waals surface area contributed by atoms with Crippen molar-refractivity contribution < 1.29 is 17.6 Å². The number of nitrogens with one attached hydrogen (secondary N) is 1. The Morgan fingerprint density at radius 1 is 1.30 bits per heavy atom. The SMILES string of the molecule is CN(C)S(=O)(=O)c1ccc(Cl)c(C(=O)NC2CCSc3c(F)cccc32)c1. The predicted molar refractivity (Wildman–Crippen MR) is 104 cm³/mol. The highest BCUT2D eigenvalue weighted by Crippen LogP contribution is 2.38. The minimum atomic E-state index is -3.70. The zero-order chi connectivity index (χ0) is 19.8. The second-order valence-electron chi connectivity index (χ2n) is 6.25. The van der Waals surface area contributed by atoms with Gasteiger partial charge in [0.1, 0.15) is 5.82 Å². The monoisotopic (exact) mass is 428 g/mol. The van der Waals surface area contributed by atoms with Crippen LogP contribution in [0.1, 0.15) is 28.4 Å². The van der Waals surface area contributed by atoms with Gasteiger partial charge in [0, 0.05) is 24.7 Å². The summed E-state index contributed by atoms with van der Waals surface area (Å²) < 4.78 is 39.7. The first-order chi connectivity index (χ1) is 12.7. The summed E-state index contributed by atoms with van der Waals surface area (Å²) in [6.45, 7) is 0. The van der Waals surface area contributed by atoms with Gasteiger partial charge in [-0.25, -0.2) is 17.1 Å². The van der Waals surface area contributed by atoms with E-state index < -0.39 is 15.9 Å². The Labute approximate surface area is 166 Å². The van der Waals surface area contributed by atoms with Gasteiger partial charge in [-0.3, -0.25) is 4.79 Å². The molecule has 3 rings (SSSR count). The highest BCUT2D eigenvalue weighted by atomic mass is 35.5. The van der Waals surface area contributed by atoms with Gasteiger partial charge in [-0.15, -0.1) is 11.8 Å². The lowest BCUT2D eigenvalue weighted by molar-refractivity contribution is 0.0934.